The highest BCUT2D eigenvalue weighted by Gasteiger charge is 2.87. The minimum Gasteiger partial charge on any atom is -0.309 e. The lowest BCUT2D eigenvalue weighted by Gasteiger charge is -2.91. The minimum absolute atomic E-state index is 0.00325. The largest absolute Gasteiger partial charge is 0.309 e. The van der Waals surface area contributed by atoms with E-state index in [4.69, 9.17) is 0 Å². The van der Waals surface area contributed by atoms with E-state index in [0.29, 0.717) is 10.8 Å². The van der Waals surface area contributed by atoms with Gasteiger partial charge in [-0.3, -0.25) is 0 Å². The summed E-state index contributed by atoms with van der Waals surface area (Å²) < 4.78 is 0. The third kappa shape index (κ3) is 4.95. The Kier molecular flexibility index (Phi) is 7.73. The maximum atomic E-state index is 2.59. The molecule has 0 saturated heterocycles. The van der Waals surface area contributed by atoms with Crippen molar-refractivity contribution in [1.82, 2.24) is 0 Å². The van der Waals surface area contributed by atoms with Crippen LogP contribution in [0.1, 0.15) is 83.9 Å². The van der Waals surface area contributed by atoms with E-state index < -0.39 is 0 Å². The molecule has 0 bridgehead atoms. The maximum absolute atomic E-state index is 2.59. The van der Waals surface area contributed by atoms with Crippen LogP contribution in [0.2, 0.25) is 0 Å². The molecule has 1 heteroatoms. The molecule has 0 amide bonds. The fourth-order valence-electron chi connectivity index (χ4n) is 12.7. The van der Waals surface area contributed by atoms with Gasteiger partial charge in [0.15, 0.2) is 0 Å². The Morgan fingerprint density at radius 1 is 0.448 bits per heavy atom. The monoisotopic (exact) mass is 753 g/mol. The van der Waals surface area contributed by atoms with Gasteiger partial charge >= 0.3 is 0 Å². The molecule has 4 fully saturated rings. The van der Waals surface area contributed by atoms with Crippen LogP contribution in [0.25, 0.3) is 44.2 Å². The molecule has 2 unspecified atom stereocenters. The lowest BCUT2D eigenvalue weighted by Crippen LogP contribution is -2.87. The second kappa shape index (κ2) is 12.6. The average molecular weight is 754 g/mol. The molecule has 0 aromatic heterocycles. The lowest BCUT2D eigenvalue weighted by molar-refractivity contribution is -0.394. The Labute approximate surface area is 345 Å². The first kappa shape index (κ1) is 35.7. The van der Waals surface area contributed by atoms with Gasteiger partial charge in [0.05, 0.1) is 17.1 Å². The van der Waals surface area contributed by atoms with Crippen LogP contribution in [0, 0.1) is 23.2 Å². The Hall–Kier alpha value is -5.40. The van der Waals surface area contributed by atoms with Crippen LogP contribution >= 0.6 is 0 Å². The Balaban J connectivity index is 1.17. The van der Waals surface area contributed by atoms with Gasteiger partial charge in [-0.25, -0.2) is 0 Å². The van der Waals surface area contributed by atoms with Gasteiger partial charge in [0, 0.05) is 22.1 Å². The van der Waals surface area contributed by atoms with Crippen LogP contribution in [0.5, 0.6) is 0 Å². The topological polar surface area (TPSA) is 3.24 Å². The van der Waals surface area contributed by atoms with Crippen LogP contribution in [0.3, 0.4) is 0 Å². The standard InChI is InChI=1S/C57H55N/c1-54(2,3)40-28-26-38(27-29-40)45-20-10-12-24-50(45)58(52-31-30-41(55(4,5)6)34-48(52)37-16-8-7-9-17-37)51-25-13-11-21-46(51)47-22-14-18-39-19-15-23-49(53(39)47)56-35-43-32-42-33-44(36-56)57(42,43)56/h7-31,34,42-44H,32-33,35-36H2,1-6H3. The second-order valence-electron chi connectivity index (χ2n) is 20.2. The number of hydrogen-bond donors (Lipinski definition) is 0. The van der Waals surface area contributed by atoms with Crippen molar-refractivity contribution in [2.45, 2.75) is 83.5 Å². The van der Waals surface area contributed by atoms with Gasteiger partial charge in [0.2, 0.25) is 0 Å². The molecule has 1 nitrogen and oxygen atoms in total. The molecule has 0 heterocycles. The summed E-state index contributed by atoms with van der Waals surface area (Å²) >= 11 is 0. The van der Waals surface area contributed by atoms with Crippen LogP contribution < -0.4 is 4.90 Å². The second-order valence-corrected chi connectivity index (χ2v) is 20.2. The first-order chi connectivity index (χ1) is 28.0. The quantitative estimate of drug-likeness (QED) is 0.157. The highest BCUT2D eigenvalue weighted by molar-refractivity contribution is 6.05. The van der Waals surface area contributed by atoms with Crippen LogP contribution in [0.15, 0.2) is 158 Å². The van der Waals surface area contributed by atoms with Crippen molar-refractivity contribution in [3.63, 3.8) is 0 Å². The van der Waals surface area contributed by atoms with E-state index in [0.717, 1.165) is 17.8 Å². The van der Waals surface area contributed by atoms with Crippen molar-refractivity contribution >= 4 is 27.8 Å². The van der Waals surface area contributed by atoms with Gasteiger partial charge in [-0.15, -0.1) is 0 Å². The number of benzene rings is 7. The van der Waals surface area contributed by atoms with Crippen LogP contribution in [0.4, 0.5) is 17.1 Å². The molecular formula is C57H55N. The molecule has 7 aromatic carbocycles. The zero-order chi connectivity index (χ0) is 39.6. The van der Waals surface area contributed by atoms with Gasteiger partial charge in [-0.05, 0) is 128 Å². The zero-order valence-corrected chi connectivity index (χ0v) is 35.0. The highest BCUT2D eigenvalue weighted by atomic mass is 15.1. The van der Waals surface area contributed by atoms with Crippen molar-refractivity contribution in [3.05, 3.63) is 174 Å². The summed E-state index contributed by atoms with van der Waals surface area (Å²) in [7, 11) is 0. The molecule has 11 rings (SSSR count). The van der Waals surface area contributed by atoms with E-state index in [1.807, 2.05) is 0 Å². The third-order valence-corrected chi connectivity index (χ3v) is 15.4. The van der Waals surface area contributed by atoms with Gasteiger partial charge in [-0.2, -0.15) is 0 Å². The fourth-order valence-corrected chi connectivity index (χ4v) is 12.7. The van der Waals surface area contributed by atoms with Crippen molar-refractivity contribution < 1.29 is 0 Å². The molecule has 7 aromatic rings. The fraction of sp³-hybridized carbons (Fsp3) is 0.298. The Bertz CT molecular complexity index is 2690. The van der Waals surface area contributed by atoms with E-state index in [9.17, 15) is 0 Å². The molecule has 2 atom stereocenters. The maximum Gasteiger partial charge on any atom is 0.0540 e. The van der Waals surface area contributed by atoms with Gasteiger partial charge in [0.1, 0.15) is 0 Å². The molecule has 0 radical (unpaired) electrons. The molecule has 0 N–H and O–H groups in total. The molecule has 288 valence electrons. The van der Waals surface area contributed by atoms with E-state index in [2.05, 4.69) is 204 Å². The number of fused-ring (bicyclic) bond motifs is 1. The molecule has 4 aliphatic carbocycles. The van der Waals surface area contributed by atoms with Crippen molar-refractivity contribution in [2.75, 3.05) is 4.90 Å². The normalized spacial score (nSPS) is 24.1. The van der Waals surface area contributed by atoms with E-state index in [1.54, 1.807) is 5.56 Å². The number of para-hydroxylation sites is 2. The third-order valence-electron chi connectivity index (χ3n) is 15.4. The predicted octanol–water partition coefficient (Wildman–Crippen LogP) is 15.6. The summed E-state index contributed by atoms with van der Waals surface area (Å²) in [5.41, 5.74) is 16.4. The number of anilines is 3. The van der Waals surface area contributed by atoms with Gasteiger partial charge in [-0.1, -0.05) is 175 Å². The van der Waals surface area contributed by atoms with Crippen molar-refractivity contribution in [2.24, 2.45) is 23.2 Å². The van der Waals surface area contributed by atoms with Crippen molar-refractivity contribution in [1.29, 1.82) is 0 Å². The molecular weight excluding hydrogens is 699 g/mol. The summed E-state index contributed by atoms with van der Waals surface area (Å²) in [5.74, 6) is 2.87. The summed E-state index contributed by atoms with van der Waals surface area (Å²) in [5, 5.41) is 2.83. The molecule has 4 saturated carbocycles. The van der Waals surface area contributed by atoms with Crippen LogP contribution in [-0.2, 0) is 16.2 Å². The molecule has 58 heavy (non-hydrogen) atoms. The van der Waals surface area contributed by atoms with E-state index in [-0.39, 0.29) is 10.8 Å². The summed E-state index contributed by atoms with van der Waals surface area (Å²) in [4.78, 5) is 2.59. The number of rotatable bonds is 7. The minimum atomic E-state index is -0.00325. The van der Waals surface area contributed by atoms with E-state index in [1.165, 1.54) is 98.0 Å². The summed E-state index contributed by atoms with van der Waals surface area (Å²) in [6.45, 7) is 13.8. The van der Waals surface area contributed by atoms with Gasteiger partial charge < -0.3 is 4.90 Å². The van der Waals surface area contributed by atoms with Crippen molar-refractivity contribution in [3.8, 4) is 33.4 Å². The Morgan fingerprint density at radius 3 is 1.62 bits per heavy atom. The first-order valence-corrected chi connectivity index (χ1v) is 21.8. The SMILES string of the molecule is CC(C)(C)c1ccc(-c2ccccc2N(c2ccc(C(C)(C)C)cc2-c2ccccc2)c2ccccc2-c2cccc3cccc(C45CC6CC7CC(C4)C765)c23)cc1. The molecule has 0 aliphatic heterocycles. The lowest BCUT2D eigenvalue weighted by atomic mass is 9.12. The van der Waals surface area contributed by atoms with Gasteiger partial charge in [0.25, 0.3) is 0 Å². The predicted molar refractivity (Wildman–Crippen MR) is 245 cm³/mol. The first-order valence-electron chi connectivity index (χ1n) is 21.8. The molecule has 1 spiro atoms. The summed E-state index contributed by atoms with van der Waals surface area (Å²) in [6, 6.07) is 60.1. The highest BCUT2D eigenvalue weighted by Crippen LogP contribution is 2.93. The average Bonchev–Trinajstić information content (AvgIpc) is 3.20. The summed E-state index contributed by atoms with van der Waals surface area (Å²) in [6.07, 6.45) is 5.71. The van der Waals surface area contributed by atoms with E-state index >= 15 is 0 Å². The Morgan fingerprint density at radius 2 is 0.983 bits per heavy atom. The smallest absolute Gasteiger partial charge is 0.0540 e. The number of nitrogens with zero attached hydrogens (tertiary/aromatic N) is 1. The molecule has 4 aliphatic rings. The zero-order valence-electron chi connectivity index (χ0n) is 35.0. The van der Waals surface area contributed by atoms with Crippen LogP contribution in [-0.4, -0.2) is 0 Å². The number of hydrogen-bond acceptors (Lipinski definition) is 1.